The number of aromatic nitrogens is 2. The van der Waals surface area contributed by atoms with E-state index in [2.05, 4.69) is 9.88 Å². The molecular weight excluding hydrogens is 498 g/mol. The van der Waals surface area contributed by atoms with Gasteiger partial charge in [-0.1, -0.05) is 26.8 Å². The molecule has 1 fully saturated rings. The number of piperidine rings is 1. The number of esters is 1. The summed E-state index contributed by atoms with van der Waals surface area (Å²) in [5.74, 6) is 0.256. The van der Waals surface area contributed by atoms with E-state index in [1.54, 1.807) is 19.4 Å². The van der Waals surface area contributed by atoms with Crippen LogP contribution in [-0.4, -0.2) is 65.1 Å². The van der Waals surface area contributed by atoms with Crippen LogP contribution in [0.4, 0.5) is 4.79 Å². The van der Waals surface area contributed by atoms with Gasteiger partial charge in [0.05, 0.1) is 25.8 Å². The molecule has 39 heavy (non-hydrogen) atoms. The van der Waals surface area contributed by atoms with Crippen molar-refractivity contribution in [3.63, 3.8) is 0 Å². The van der Waals surface area contributed by atoms with Gasteiger partial charge in [0, 0.05) is 54.0 Å². The molecule has 3 heterocycles. The number of nitrogens with zero attached hydrogens (tertiary/aromatic N) is 3. The van der Waals surface area contributed by atoms with E-state index >= 15 is 0 Å². The molecule has 0 aliphatic carbocycles. The average molecular weight is 538 g/mol. The Morgan fingerprint density at radius 2 is 1.92 bits per heavy atom. The van der Waals surface area contributed by atoms with Crippen molar-refractivity contribution in [2.45, 2.75) is 71.6 Å². The molecule has 0 saturated carbocycles. The lowest BCUT2D eigenvalue weighted by molar-refractivity contribution is -0.0139. The van der Waals surface area contributed by atoms with Crippen LogP contribution < -0.4 is 4.74 Å². The highest BCUT2D eigenvalue weighted by atomic mass is 16.5. The van der Waals surface area contributed by atoms with Gasteiger partial charge in [-0.05, 0) is 56.0 Å². The topological polar surface area (TPSA) is 103 Å². The Morgan fingerprint density at radius 3 is 2.49 bits per heavy atom. The Bertz CT molecular complexity index is 1360. The van der Waals surface area contributed by atoms with Crippen LogP contribution in [0.25, 0.3) is 10.9 Å². The molecule has 0 spiro atoms. The van der Waals surface area contributed by atoms with E-state index in [0.29, 0.717) is 18.7 Å². The summed E-state index contributed by atoms with van der Waals surface area (Å²) in [7, 11) is 2.99. The second-order valence-corrected chi connectivity index (χ2v) is 11.1. The van der Waals surface area contributed by atoms with Crippen LogP contribution in [-0.2, 0) is 21.4 Å². The third kappa shape index (κ3) is 5.65. The molecule has 9 nitrogen and oxygen atoms in total. The standard InChI is InChI=1S/C30H39N3O6/c1-8-39-20-11-12-32(24(14-20)19-9-10-23(31-16-19)28(34)38-7)17-22-21-15-26(30(3,4)5)33(29(35)36)27(21)18(2)13-25(22)37-6/h9-10,13,15-16,20,24H,8,11-12,14,17H2,1-7H3,(H,35,36). The van der Waals surface area contributed by atoms with Crippen LogP contribution in [0, 0.1) is 6.92 Å². The summed E-state index contributed by atoms with van der Waals surface area (Å²) in [6.07, 6.45) is 2.49. The van der Waals surface area contributed by atoms with Crippen molar-refractivity contribution in [1.29, 1.82) is 0 Å². The van der Waals surface area contributed by atoms with Gasteiger partial charge in [0.25, 0.3) is 0 Å². The average Bonchev–Trinajstić information content (AvgIpc) is 3.33. The van der Waals surface area contributed by atoms with Gasteiger partial charge in [-0.2, -0.15) is 0 Å². The number of carboxylic acid groups (broad SMARTS) is 1. The van der Waals surface area contributed by atoms with Crippen LogP contribution in [0.15, 0.2) is 30.5 Å². The van der Waals surface area contributed by atoms with E-state index in [4.69, 9.17) is 14.2 Å². The first kappa shape index (κ1) is 28.6. The number of hydrogen-bond donors (Lipinski definition) is 1. The number of ether oxygens (including phenoxy) is 3. The van der Waals surface area contributed by atoms with Crippen molar-refractivity contribution in [1.82, 2.24) is 14.5 Å². The maximum Gasteiger partial charge on any atom is 0.416 e. The lowest BCUT2D eigenvalue weighted by Crippen LogP contribution is -2.39. The summed E-state index contributed by atoms with van der Waals surface area (Å²) in [5, 5.41) is 11.1. The number of hydrogen-bond acceptors (Lipinski definition) is 7. The van der Waals surface area contributed by atoms with E-state index in [-0.39, 0.29) is 23.3 Å². The third-order valence-corrected chi connectivity index (χ3v) is 7.52. The van der Waals surface area contributed by atoms with E-state index in [1.807, 2.05) is 52.8 Å². The van der Waals surface area contributed by atoms with E-state index < -0.39 is 12.1 Å². The van der Waals surface area contributed by atoms with Crippen molar-refractivity contribution in [3.8, 4) is 5.75 Å². The summed E-state index contributed by atoms with van der Waals surface area (Å²) in [6.45, 7) is 12.0. The first-order valence-electron chi connectivity index (χ1n) is 13.4. The highest BCUT2D eigenvalue weighted by Gasteiger charge is 2.33. The Labute approximate surface area is 229 Å². The molecule has 4 rings (SSSR count). The fourth-order valence-electron chi connectivity index (χ4n) is 5.65. The SMILES string of the molecule is CCOC1CCN(Cc2c(OC)cc(C)c3c2cc(C(C)(C)C)n3C(=O)O)C(c2ccc(C(=O)OC)nc2)C1. The minimum Gasteiger partial charge on any atom is -0.496 e. The van der Waals surface area contributed by atoms with Crippen molar-refractivity contribution in [3.05, 3.63) is 58.5 Å². The highest BCUT2D eigenvalue weighted by molar-refractivity contribution is 5.96. The van der Waals surface area contributed by atoms with Crippen molar-refractivity contribution in [2.24, 2.45) is 0 Å². The maximum absolute atomic E-state index is 12.5. The third-order valence-electron chi connectivity index (χ3n) is 7.52. The minimum atomic E-state index is -0.999. The molecule has 9 heteroatoms. The molecular formula is C30H39N3O6. The Morgan fingerprint density at radius 1 is 1.18 bits per heavy atom. The number of pyridine rings is 1. The lowest BCUT2D eigenvalue weighted by Gasteiger charge is -2.40. The number of carbonyl (C=O) groups is 2. The molecule has 1 N–H and O–H groups in total. The van der Waals surface area contributed by atoms with Crippen LogP contribution in [0.1, 0.15) is 79.5 Å². The van der Waals surface area contributed by atoms with Crippen LogP contribution in [0.3, 0.4) is 0 Å². The number of carbonyl (C=O) groups excluding carboxylic acids is 1. The molecule has 1 aliphatic rings. The van der Waals surface area contributed by atoms with Crippen LogP contribution in [0.5, 0.6) is 5.75 Å². The summed E-state index contributed by atoms with van der Waals surface area (Å²) < 4.78 is 18.1. The van der Waals surface area contributed by atoms with Gasteiger partial charge < -0.3 is 19.3 Å². The summed E-state index contributed by atoms with van der Waals surface area (Å²) in [4.78, 5) is 31.1. The molecule has 1 aromatic carbocycles. The van der Waals surface area contributed by atoms with E-state index in [9.17, 15) is 14.7 Å². The lowest BCUT2D eigenvalue weighted by atomic mass is 9.91. The normalized spacial score (nSPS) is 18.3. The largest absolute Gasteiger partial charge is 0.496 e. The monoisotopic (exact) mass is 537 g/mol. The molecule has 0 bridgehead atoms. The number of likely N-dealkylation sites (tertiary alicyclic amines) is 1. The van der Waals surface area contributed by atoms with Crippen LogP contribution in [0.2, 0.25) is 0 Å². The zero-order chi connectivity index (χ0) is 28.5. The van der Waals surface area contributed by atoms with Gasteiger partial charge in [0.2, 0.25) is 0 Å². The summed E-state index contributed by atoms with van der Waals surface area (Å²) in [6, 6.07) is 7.53. The Balaban J connectivity index is 1.82. The predicted octanol–water partition coefficient (Wildman–Crippen LogP) is 5.71. The van der Waals surface area contributed by atoms with Crippen molar-refractivity contribution in [2.75, 3.05) is 27.4 Å². The fourth-order valence-corrected chi connectivity index (χ4v) is 5.65. The number of methoxy groups -OCH3 is 2. The second kappa shape index (κ2) is 11.4. The molecule has 2 aromatic heterocycles. The Hall–Kier alpha value is -3.43. The zero-order valence-corrected chi connectivity index (χ0v) is 23.9. The van der Waals surface area contributed by atoms with E-state index in [0.717, 1.165) is 52.9 Å². The number of aryl methyl sites for hydroxylation is 1. The molecule has 0 radical (unpaired) electrons. The quantitative estimate of drug-likeness (QED) is 0.383. The smallest absolute Gasteiger partial charge is 0.416 e. The van der Waals surface area contributed by atoms with E-state index in [1.165, 1.54) is 11.7 Å². The minimum absolute atomic E-state index is 0.0146. The second-order valence-electron chi connectivity index (χ2n) is 11.1. The van der Waals surface area contributed by atoms with Gasteiger partial charge in [0.15, 0.2) is 0 Å². The molecule has 0 amide bonds. The zero-order valence-electron chi connectivity index (χ0n) is 23.9. The molecule has 210 valence electrons. The first-order valence-corrected chi connectivity index (χ1v) is 13.4. The molecule has 2 unspecified atom stereocenters. The summed E-state index contributed by atoms with van der Waals surface area (Å²) >= 11 is 0. The van der Waals surface area contributed by atoms with Crippen molar-refractivity contribution < 1.29 is 28.9 Å². The van der Waals surface area contributed by atoms with Gasteiger partial charge in [-0.15, -0.1) is 0 Å². The van der Waals surface area contributed by atoms with Crippen molar-refractivity contribution >= 4 is 23.0 Å². The fraction of sp³-hybridized carbons (Fsp3) is 0.500. The van der Waals surface area contributed by atoms with Crippen LogP contribution >= 0.6 is 0 Å². The molecule has 2 atom stereocenters. The Kier molecular flexibility index (Phi) is 8.32. The molecule has 3 aromatic rings. The van der Waals surface area contributed by atoms with Gasteiger partial charge in [-0.25, -0.2) is 19.1 Å². The maximum atomic E-state index is 12.5. The molecule has 1 aliphatic heterocycles. The molecule has 1 saturated heterocycles. The van der Waals surface area contributed by atoms with Gasteiger partial charge in [-0.3, -0.25) is 4.90 Å². The predicted molar refractivity (Wildman–Crippen MR) is 149 cm³/mol. The number of benzene rings is 1. The van der Waals surface area contributed by atoms with Gasteiger partial charge >= 0.3 is 12.1 Å². The number of fused-ring (bicyclic) bond motifs is 1. The van der Waals surface area contributed by atoms with Gasteiger partial charge in [0.1, 0.15) is 11.4 Å². The highest BCUT2D eigenvalue weighted by Crippen LogP contribution is 2.40. The first-order chi connectivity index (χ1) is 18.5. The number of rotatable bonds is 7. The summed E-state index contributed by atoms with van der Waals surface area (Å²) in [5.41, 5.74) is 4.08.